The Bertz CT molecular complexity index is 277. The van der Waals surface area contributed by atoms with Gasteiger partial charge in [-0.15, -0.1) is 0 Å². The van der Waals surface area contributed by atoms with Gasteiger partial charge in [-0.05, 0) is 13.5 Å². The highest BCUT2D eigenvalue weighted by molar-refractivity contribution is 7.99. The van der Waals surface area contributed by atoms with Crippen LogP contribution in [0.4, 0.5) is 0 Å². The van der Waals surface area contributed by atoms with E-state index in [1.807, 2.05) is 0 Å². The number of aromatic amines is 1. The highest BCUT2D eigenvalue weighted by Crippen LogP contribution is 2.12. The molecule has 1 unspecified atom stereocenters. The summed E-state index contributed by atoms with van der Waals surface area (Å²) in [7, 11) is 1.64. The Morgan fingerprint density at radius 1 is 1.86 bits per heavy atom. The van der Waals surface area contributed by atoms with Crippen LogP contribution in [0.15, 0.2) is 11.5 Å². The number of likely N-dealkylation sites (N-methyl/N-ethyl adjacent to an activating group) is 1. The number of carbonyl (C=O) groups is 1. The van der Waals surface area contributed by atoms with E-state index in [1.165, 1.54) is 18.1 Å². The first-order chi connectivity index (χ1) is 6.74. The van der Waals surface area contributed by atoms with E-state index in [9.17, 15) is 4.79 Å². The van der Waals surface area contributed by atoms with Crippen LogP contribution in [-0.4, -0.2) is 45.1 Å². The lowest BCUT2D eigenvalue weighted by atomic mass is 10.2. The first-order valence-electron chi connectivity index (χ1n) is 4.12. The molecule has 78 valence electrons. The zero-order valence-corrected chi connectivity index (χ0v) is 8.54. The normalized spacial score (nSPS) is 12.6. The molecule has 1 aromatic rings. The summed E-state index contributed by atoms with van der Waals surface area (Å²) in [4.78, 5) is 14.5. The molecule has 1 rings (SSSR count). The Morgan fingerprint density at radius 3 is 3.14 bits per heavy atom. The van der Waals surface area contributed by atoms with Gasteiger partial charge in [0.05, 0.1) is 0 Å². The summed E-state index contributed by atoms with van der Waals surface area (Å²) in [5, 5.41) is 18.5. The fourth-order valence-electron chi connectivity index (χ4n) is 0.929. The number of rotatable bonds is 6. The van der Waals surface area contributed by atoms with Gasteiger partial charge in [-0.1, -0.05) is 11.8 Å². The van der Waals surface area contributed by atoms with Crippen LogP contribution in [0.1, 0.15) is 6.42 Å². The lowest BCUT2D eigenvalue weighted by Crippen LogP contribution is -2.34. The van der Waals surface area contributed by atoms with Gasteiger partial charge in [-0.25, -0.2) is 4.98 Å². The van der Waals surface area contributed by atoms with E-state index in [1.54, 1.807) is 7.05 Å². The predicted octanol–water partition coefficient (Wildman–Crippen LogP) is -0.0405. The van der Waals surface area contributed by atoms with E-state index >= 15 is 0 Å². The number of thioether (sulfide) groups is 1. The standard InChI is InChI=1S/C7H12N4O2S/c1-8-5(6(12)13)2-3-14-7-9-4-10-11-7/h4-5,8H,2-3H2,1H3,(H,12,13)(H,9,10,11). The van der Waals surface area contributed by atoms with Gasteiger partial charge in [0, 0.05) is 5.75 Å². The molecule has 1 heterocycles. The highest BCUT2D eigenvalue weighted by Gasteiger charge is 2.14. The van der Waals surface area contributed by atoms with Crippen molar-refractivity contribution in [2.24, 2.45) is 0 Å². The molecule has 0 saturated carbocycles. The van der Waals surface area contributed by atoms with Crippen LogP contribution in [0, 0.1) is 0 Å². The number of aromatic nitrogens is 3. The number of hydrogen-bond donors (Lipinski definition) is 3. The minimum Gasteiger partial charge on any atom is -0.480 e. The number of nitrogens with one attached hydrogen (secondary N) is 2. The molecule has 0 spiro atoms. The third-order valence-corrected chi connectivity index (χ3v) is 2.59. The first-order valence-corrected chi connectivity index (χ1v) is 5.11. The average Bonchev–Trinajstić information content (AvgIpc) is 2.64. The Labute approximate surface area is 85.5 Å². The van der Waals surface area contributed by atoms with Crippen molar-refractivity contribution in [1.82, 2.24) is 20.5 Å². The molecular weight excluding hydrogens is 204 g/mol. The number of carboxylic acids is 1. The molecule has 3 N–H and O–H groups in total. The maximum absolute atomic E-state index is 10.6. The number of carboxylic acid groups (broad SMARTS) is 1. The second-order valence-corrected chi connectivity index (χ2v) is 3.69. The Hall–Kier alpha value is -1.08. The second-order valence-electron chi connectivity index (χ2n) is 2.61. The monoisotopic (exact) mass is 216 g/mol. The first kappa shape index (κ1) is 11.0. The topological polar surface area (TPSA) is 90.9 Å². The lowest BCUT2D eigenvalue weighted by molar-refractivity contribution is -0.139. The molecule has 0 aromatic carbocycles. The second kappa shape index (κ2) is 5.61. The van der Waals surface area contributed by atoms with Crippen molar-refractivity contribution >= 4 is 17.7 Å². The molecule has 0 fully saturated rings. The average molecular weight is 216 g/mol. The maximum Gasteiger partial charge on any atom is 0.320 e. The summed E-state index contributed by atoms with van der Waals surface area (Å²) in [6.45, 7) is 0. The van der Waals surface area contributed by atoms with E-state index in [4.69, 9.17) is 5.11 Å². The van der Waals surface area contributed by atoms with Crippen LogP contribution in [0.3, 0.4) is 0 Å². The smallest absolute Gasteiger partial charge is 0.320 e. The summed E-state index contributed by atoms with van der Waals surface area (Å²) in [6.07, 6.45) is 1.98. The zero-order chi connectivity index (χ0) is 10.4. The van der Waals surface area contributed by atoms with E-state index < -0.39 is 12.0 Å². The van der Waals surface area contributed by atoms with Gasteiger partial charge in [0.25, 0.3) is 0 Å². The molecule has 0 bridgehead atoms. The Balaban J connectivity index is 2.23. The third-order valence-electron chi connectivity index (χ3n) is 1.68. The van der Waals surface area contributed by atoms with E-state index in [0.29, 0.717) is 17.3 Å². The minimum atomic E-state index is -0.828. The van der Waals surface area contributed by atoms with Crippen molar-refractivity contribution in [2.75, 3.05) is 12.8 Å². The molecule has 0 amide bonds. The highest BCUT2D eigenvalue weighted by atomic mass is 32.2. The van der Waals surface area contributed by atoms with E-state index in [2.05, 4.69) is 20.5 Å². The quantitative estimate of drug-likeness (QED) is 0.578. The lowest BCUT2D eigenvalue weighted by Gasteiger charge is -2.09. The van der Waals surface area contributed by atoms with E-state index in [-0.39, 0.29) is 0 Å². The van der Waals surface area contributed by atoms with Crippen molar-refractivity contribution in [3.63, 3.8) is 0 Å². The Morgan fingerprint density at radius 2 is 2.64 bits per heavy atom. The van der Waals surface area contributed by atoms with Gasteiger partial charge in [0.15, 0.2) is 5.16 Å². The molecule has 7 heteroatoms. The fraction of sp³-hybridized carbons (Fsp3) is 0.571. The van der Waals surface area contributed by atoms with Gasteiger partial charge in [0.1, 0.15) is 12.4 Å². The van der Waals surface area contributed by atoms with Gasteiger partial charge < -0.3 is 10.4 Å². The molecular formula is C7H12N4O2S. The molecule has 1 atom stereocenters. The van der Waals surface area contributed by atoms with Gasteiger partial charge in [0.2, 0.25) is 0 Å². The SMILES string of the molecule is CNC(CCSc1ncn[nH]1)C(=O)O. The summed E-state index contributed by atoms with van der Waals surface area (Å²) < 4.78 is 0. The van der Waals surface area contributed by atoms with Crippen molar-refractivity contribution in [3.8, 4) is 0 Å². The summed E-state index contributed by atoms with van der Waals surface area (Å²) >= 11 is 1.46. The molecule has 0 aliphatic rings. The van der Waals surface area contributed by atoms with Gasteiger partial charge in [-0.2, -0.15) is 5.10 Å². The largest absolute Gasteiger partial charge is 0.480 e. The van der Waals surface area contributed by atoms with E-state index in [0.717, 1.165) is 0 Å². The molecule has 0 radical (unpaired) electrons. The summed E-state index contributed by atoms with van der Waals surface area (Å²) in [6, 6.07) is -0.495. The van der Waals surface area contributed by atoms with Gasteiger partial charge >= 0.3 is 5.97 Å². The number of hydrogen-bond acceptors (Lipinski definition) is 5. The number of H-pyrrole nitrogens is 1. The molecule has 0 aliphatic heterocycles. The van der Waals surface area contributed by atoms with Crippen molar-refractivity contribution in [3.05, 3.63) is 6.33 Å². The van der Waals surface area contributed by atoms with Crippen LogP contribution >= 0.6 is 11.8 Å². The van der Waals surface area contributed by atoms with Crippen molar-refractivity contribution < 1.29 is 9.90 Å². The molecule has 6 nitrogen and oxygen atoms in total. The Kier molecular flexibility index (Phi) is 4.41. The van der Waals surface area contributed by atoms with Crippen LogP contribution in [0.5, 0.6) is 0 Å². The van der Waals surface area contributed by atoms with Gasteiger partial charge in [-0.3, -0.25) is 9.89 Å². The summed E-state index contributed by atoms with van der Waals surface area (Å²) in [5.41, 5.74) is 0. The third kappa shape index (κ3) is 3.35. The van der Waals surface area contributed by atoms with Crippen molar-refractivity contribution in [1.29, 1.82) is 0 Å². The number of aliphatic carboxylic acids is 1. The minimum absolute atomic E-state index is 0.495. The molecule has 1 aromatic heterocycles. The fourth-order valence-corrected chi connectivity index (χ4v) is 1.71. The predicted molar refractivity (Wildman–Crippen MR) is 52.2 cm³/mol. The van der Waals surface area contributed by atoms with Crippen LogP contribution < -0.4 is 5.32 Å². The maximum atomic E-state index is 10.6. The van der Waals surface area contributed by atoms with Crippen LogP contribution in [-0.2, 0) is 4.79 Å². The molecule has 0 saturated heterocycles. The number of nitrogens with zero attached hydrogens (tertiary/aromatic N) is 2. The molecule has 14 heavy (non-hydrogen) atoms. The molecule has 0 aliphatic carbocycles. The summed E-state index contributed by atoms with van der Waals surface area (Å²) in [5.74, 6) is -0.141. The van der Waals surface area contributed by atoms with Crippen molar-refractivity contribution in [2.45, 2.75) is 17.6 Å². The van der Waals surface area contributed by atoms with Crippen LogP contribution in [0.2, 0.25) is 0 Å². The van der Waals surface area contributed by atoms with Crippen LogP contribution in [0.25, 0.3) is 0 Å². The zero-order valence-electron chi connectivity index (χ0n) is 7.73.